The van der Waals surface area contributed by atoms with E-state index in [9.17, 15) is 4.79 Å². The molecule has 2 aliphatic heterocycles. The first-order valence-corrected chi connectivity index (χ1v) is 18.8. The van der Waals surface area contributed by atoms with Gasteiger partial charge in [0, 0.05) is 54.5 Å². The number of nitrogens with one attached hydrogen (secondary N) is 3. The Bertz CT molecular complexity index is 1410. The minimum absolute atomic E-state index is 0.00505. The topological polar surface area (TPSA) is 85.7 Å². The zero-order chi connectivity index (χ0) is 35.1. The van der Waals surface area contributed by atoms with Gasteiger partial charge in [-0.05, 0) is 101 Å². The Morgan fingerprint density at radius 3 is 2.12 bits per heavy atom. The van der Waals surface area contributed by atoms with Crippen LogP contribution >= 0.6 is 0 Å². The van der Waals surface area contributed by atoms with Crippen molar-refractivity contribution in [1.82, 2.24) is 16.0 Å². The molecule has 0 aliphatic carbocycles. The van der Waals surface area contributed by atoms with Crippen molar-refractivity contribution >= 4 is 17.3 Å². The first-order valence-electron chi connectivity index (χ1n) is 18.8. The second-order valence-electron chi connectivity index (χ2n) is 14.8. The molecule has 0 spiro atoms. The summed E-state index contributed by atoms with van der Waals surface area (Å²) in [5, 5.41) is 10.0. The number of carbonyl (C=O) groups excluding carboxylic acids is 1. The Labute approximate surface area is 297 Å². The summed E-state index contributed by atoms with van der Waals surface area (Å²) in [7, 11) is 2.17. The highest BCUT2D eigenvalue weighted by Crippen LogP contribution is 2.47. The fourth-order valence-electron chi connectivity index (χ4n) is 7.50. The quantitative estimate of drug-likeness (QED) is 0.0851. The average Bonchev–Trinajstić information content (AvgIpc) is 3.42. The fraction of sp³-hybridized carbons (Fsp3) is 0.548. The molecule has 0 saturated heterocycles. The van der Waals surface area contributed by atoms with Crippen LogP contribution in [0.4, 0.5) is 11.4 Å². The summed E-state index contributed by atoms with van der Waals surface area (Å²) in [5.41, 5.74) is 12.2. The lowest BCUT2D eigenvalue weighted by atomic mass is 9.80. The number of hydrogen-bond donors (Lipinski definition) is 4. The number of hydrogen-bond acceptors (Lipinski definition) is 6. The molecule has 2 aliphatic rings. The van der Waals surface area contributed by atoms with E-state index in [0.717, 1.165) is 77.9 Å². The van der Waals surface area contributed by atoms with E-state index >= 15 is 0 Å². The standard InChI is InChI=1S/C42H64N6O/c1-41(2)34-20-11-13-22-36(34)47(5)38(41)24-8-6-9-25-39-42(3,4)35-21-12-14-23-37(35)48(39)33-17-7-10-26-40(49)46-32-19-31-45-29-16-15-28-44-30-18-27-43/h6,8-9,11-14,20-25,39,44-45H,7,10,15-19,26-33,43H2,1-5H3,(H,46,49)/b8-6+,25-9+,38-24+. The van der Waals surface area contributed by atoms with Gasteiger partial charge in [-0.1, -0.05) is 94.8 Å². The molecule has 0 radical (unpaired) electrons. The van der Waals surface area contributed by atoms with Gasteiger partial charge in [-0.3, -0.25) is 4.79 Å². The summed E-state index contributed by atoms with van der Waals surface area (Å²) in [6.45, 7) is 15.9. The number of nitrogens with two attached hydrogens (primary N) is 1. The molecular weight excluding hydrogens is 605 g/mol. The Hall–Kier alpha value is -3.39. The lowest BCUT2D eigenvalue weighted by molar-refractivity contribution is -0.121. The minimum Gasteiger partial charge on any atom is -0.364 e. The highest BCUT2D eigenvalue weighted by Gasteiger charge is 2.42. The third-order valence-corrected chi connectivity index (χ3v) is 10.4. The van der Waals surface area contributed by atoms with Crippen molar-refractivity contribution in [3.63, 3.8) is 0 Å². The number of unbranched alkanes of at least 4 members (excludes halogenated alkanes) is 3. The second kappa shape index (κ2) is 19.1. The maximum absolute atomic E-state index is 12.4. The van der Waals surface area contributed by atoms with Gasteiger partial charge < -0.3 is 31.5 Å². The summed E-state index contributed by atoms with van der Waals surface area (Å²) in [5.74, 6) is 0.176. The van der Waals surface area contributed by atoms with Crippen LogP contribution in [0.1, 0.15) is 90.2 Å². The second-order valence-corrected chi connectivity index (χ2v) is 14.8. The molecule has 0 saturated carbocycles. The number of rotatable bonds is 21. The minimum atomic E-state index is -0.0220. The van der Waals surface area contributed by atoms with E-state index in [2.05, 4.69) is 139 Å². The smallest absolute Gasteiger partial charge is 0.219 e. The van der Waals surface area contributed by atoms with Crippen molar-refractivity contribution in [1.29, 1.82) is 0 Å². The number of nitrogens with zero attached hydrogens (tertiary/aromatic N) is 2. The molecule has 2 aromatic rings. The fourth-order valence-corrected chi connectivity index (χ4v) is 7.50. The Morgan fingerprint density at radius 1 is 0.755 bits per heavy atom. The van der Waals surface area contributed by atoms with Crippen LogP contribution in [0.5, 0.6) is 0 Å². The molecule has 0 bridgehead atoms. The molecule has 2 aromatic carbocycles. The third-order valence-electron chi connectivity index (χ3n) is 10.4. The van der Waals surface area contributed by atoms with Crippen LogP contribution in [0.25, 0.3) is 0 Å². The summed E-state index contributed by atoms with van der Waals surface area (Å²) < 4.78 is 0. The van der Waals surface area contributed by atoms with Gasteiger partial charge in [0.2, 0.25) is 5.91 Å². The van der Waals surface area contributed by atoms with E-state index in [1.165, 1.54) is 41.0 Å². The number of benzene rings is 2. The molecule has 5 N–H and O–H groups in total. The maximum atomic E-state index is 12.4. The van der Waals surface area contributed by atoms with Gasteiger partial charge >= 0.3 is 0 Å². The van der Waals surface area contributed by atoms with Gasteiger partial charge in [-0.15, -0.1) is 0 Å². The summed E-state index contributed by atoms with van der Waals surface area (Å²) in [6, 6.07) is 17.8. The molecule has 7 nitrogen and oxygen atoms in total. The number of fused-ring (bicyclic) bond motifs is 2. The van der Waals surface area contributed by atoms with Crippen molar-refractivity contribution in [3.05, 3.63) is 95.7 Å². The Kier molecular flexibility index (Phi) is 15.0. The van der Waals surface area contributed by atoms with Crippen LogP contribution in [0.3, 0.4) is 0 Å². The number of likely N-dealkylation sites (N-methyl/N-ethyl adjacent to an activating group) is 1. The normalized spacial score (nSPS) is 18.6. The maximum Gasteiger partial charge on any atom is 0.219 e. The van der Waals surface area contributed by atoms with Crippen LogP contribution in [0.15, 0.2) is 84.6 Å². The van der Waals surface area contributed by atoms with Crippen LogP contribution in [0, 0.1) is 0 Å². The molecule has 4 rings (SSSR count). The molecule has 0 aromatic heterocycles. The highest BCUT2D eigenvalue weighted by molar-refractivity contribution is 5.75. The van der Waals surface area contributed by atoms with Gasteiger partial charge in [-0.2, -0.15) is 0 Å². The van der Waals surface area contributed by atoms with Crippen LogP contribution < -0.4 is 31.5 Å². The lowest BCUT2D eigenvalue weighted by Crippen LogP contribution is -2.40. The first-order chi connectivity index (χ1) is 23.7. The summed E-state index contributed by atoms with van der Waals surface area (Å²) in [4.78, 5) is 17.3. The van der Waals surface area contributed by atoms with Crippen molar-refractivity contribution in [2.75, 3.05) is 62.7 Å². The average molecular weight is 669 g/mol. The van der Waals surface area contributed by atoms with E-state index in [-0.39, 0.29) is 22.8 Å². The van der Waals surface area contributed by atoms with E-state index < -0.39 is 0 Å². The van der Waals surface area contributed by atoms with Crippen molar-refractivity contribution in [2.45, 2.75) is 95.9 Å². The molecule has 1 atom stereocenters. The molecule has 0 fully saturated rings. The Morgan fingerprint density at radius 2 is 1.41 bits per heavy atom. The number of allylic oxidation sites excluding steroid dienone is 5. The van der Waals surface area contributed by atoms with Gasteiger partial charge in [0.1, 0.15) is 0 Å². The monoisotopic (exact) mass is 669 g/mol. The first kappa shape index (κ1) is 38.4. The predicted octanol–water partition coefficient (Wildman–Crippen LogP) is 6.95. The van der Waals surface area contributed by atoms with Crippen molar-refractivity contribution in [2.24, 2.45) is 5.73 Å². The van der Waals surface area contributed by atoms with Crippen LogP contribution in [0.2, 0.25) is 0 Å². The molecule has 49 heavy (non-hydrogen) atoms. The zero-order valence-electron chi connectivity index (χ0n) is 31.1. The number of para-hydroxylation sites is 2. The van der Waals surface area contributed by atoms with Gasteiger partial charge in [0.05, 0.1) is 6.04 Å². The Balaban J connectivity index is 1.18. The van der Waals surface area contributed by atoms with Gasteiger partial charge in [0.25, 0.3) is 0 Å². The molecule has 2 heterocycles. The third kappa shape index (κ3) is 10.3. The van der Waals surface area contributed by atoms with Crippen molar-refractivity contribution < 1.29 is 4.79 Å². The number of amides is 1. The van der Waals surface area contributed by atoms with E-state index in [4.69, 9.17) is 5.73 Å². The summed E-state index contributed by atoms with van der Waals surface area (Å²) >= 11 is 0. The molecular formula is C42H64N6O. The van der Waals surface area contributed by atoms with Crippen LogP contribution in [-0.4, -0.2) is 64.8 Å². The number of anilines is 2. The zero-order valence-corrected chi connectivity index (χ0v) is 31.1. The summed E-state index contributed by atoms with van der Waals surface area (Å²) in [6.07, 6.45) is 19.2. The van der Waals surface area contributed by atoms with Crippen molar-refractivity contribution in [3.8, 4) is 0 Å². The SMILES string of the molecule is CN1/C(=C/C=C/C=C/C2N(CCCCCC(=O)NCCCNCCCCNCCCN)c3ccccc3C2(C)C)C(C)(C)c2ccccc21. The molecule has 268 valence electrons. The van der Waals surface area contributed by atoms with Gasteiger partial charge in [0.15, 0.2) is 0 Å². The van der Waals surface area contributed by atoms with E-state index in [0.29, 0.717) is 6.42 Å². The number of carbonyl (C=O) groups is 1. The molecule has 1 amide bonds. The molecule has 1 unspecified atom stereocenters. The van der Waals surface area contributed by atoms with Crippen LogP contribution in [-0.2, 0) is 15.6 Å². The highest BCUT2D eigenvalue weighted by atomic mass is 16.1. The largest absolute Gasteiger partial charge is 0.364 e. The molecule has 7 heteroatoms. The van der Waals surface area contributed by atoms with Gasteiger partial charge in [-0.25, -0.2) is 0 Å². The predicted molar refractivity (Wildman–Crippen MR) is 210 cm³/mol. The van der Waals surface area contributed by atoms with E-state index in [1.807, 2.05) is 0 Å². The lowest BCUT2D eigenvalue weighted by Gasteiger charge is -2.32. The van der Waals surface area contributed by atoms with E-state index in [1.54, 1.807) is 0 Å².